The zero-order chi connectivity index (χ0) is 17.6. The van der Waals surface area contributed by atoms with Crippen LogP contribution < -0.4 is 9.88 Å². The maximum absolute atomic E-state index is 12.4. The van der Waals surface area contributed by atoms with Crippen LogP contribution in [0, 0.1) is 6.92 Å². The summed E-state index contributed by atoms with van der Waals surface area (Å²) in [4.78, 5) is 12.4. The fraction of sp³-hybridized carbons (Fsp3) is 0.182. The molecule has 3 aromatic rings. The normalized spacial score (nSPS) is 10.5. The Morgan fingerprint density at radius 3 is 2.28 bits per heavy atom. The molecular weight excluding hydrogens is 308 g/mol. The van der Waals surface area contributed by atoms with Gasteiger partial charge in [0.1, 0.15) is 0 Å². The third kappa shape index (κ3) is 4.32. The van der Waals surface area contributed by atoms with E-state index in [2.05, 4.69) is 36.5 Å². The van der Waals surface area contributed by atoms with E-state index in [0.29, 0.717) is 6.54 Å². The molecule has 1 heterocycles. The molecule has 0 aliphatic rings. The summed E-state index contributed by atoms with van der Waals surface area (Å²) in [5, 5.41) is 2.97. The number of benzene rings is 2. The second-order valence-corrected chi connectivity index (χ2v) is 6.15. The van der Waals surface area contributed by atoms with Crippen LogP contribution in [0.4, 0.5) is 5.69 Å². The van der Waals surface area contributed by atoms with Gasteiger partial charge in [0, 0.05) is 24.2 Å². The first-order chi connectivity index (χ1) is 12.2. The first-order valence-corrected chi connectivity index (χ1v) is 8.60. The largest absolute Gasteiger partial charge is 0.321 e. The zero-order valence-electron chi connectivity index (χ0n) is 14.7. The predicted octanol–water partition coefficient (Wildman–Crippen LogP) is 4.15. The molecule has 1 aromatic heterocycles. The number of carbonyl (C=O) groups excluding carboxylic acids is 1. The third-order valence-corrected chi connectivity index (χ3v) is 4.31. The molecule has 3 rings (SSSR count). The highest BCUT2D eigenvalue weighted by Crippen LogP contribution is 2.20. The Hall–Kier alpha value is -2.94. The number of hydrogen-bond acceptors (Lipinski definition) is 1. The molecule has 1 amide bonds. The average molecular weight is 331 g/mol. The van der Waals surface area contributed by atoms with Crippen molar-refractivity contribution < 1.29 is 9.36 Å². The summed E-state index contributed by atoms with van der Waals surface area (Å²) < 4.78 is 1.99. The topological polar surface area (TPSA) is 33.0 Å². The molecule has 1 N–H and O–H groups in total. The molecule has 0 radical (unpaired) electrons. The Balaban J connectivity index is 1.67. The fourth-order valence-corrected chi connectivity index (χ4v) is 2.78. The van der Waals surface area contributed by atoms with Gasteiger partial charge in [0.15, 0.2) is 11.9 Å². The van der Waals surface area contributed by atoms with Gasteiger partial charge in [0.25, 0.3) is 5.91 Å². The second kappa shape index (κ2) is 7.75. The van der Waals surface area contributed by atoms with Crippen LogP contribution >= 0.6 is 0 Å². The molecule has 25 heavy (non-hydrogen) atoms. The lowest BCUT2D eigenvalue weighted by Gasteiger charge is -2.07. The number of pyridine rings is 1. The fourth-order valence-electron chi connectivity index (χ4n) is 2.78. The van der Waals surface area contributed by atoms with Crippen molar-refractivity contribution in [2.45, 2.75) is 26.8 Å². The van der Waals surface area contributed by atoms with Gasteiger partial charge in [-0.05, 0) is 35.7 Å². The Morgan fingerprint density at radius 2 is 1.60 bits per heavy atom. The van der Waals surface area contributed by atoms with Crippen molar-refractivity contribution in [2.75, 3.05) is 5.32 Å². The summed E-state index contributed by atoms with van der Waals surface area (Å²) in [6.45, 7) is 4.45. The molecule has 0 aliphatic carbocycles. The predicted molar refractivity (Wildman–Crippen MR) is 101 cm³/mol. The van der Waals surface area contributed by atoms with Crippen LogP contribution in [-0.2, 0) is 17.8 Å². The van der Waals surface area contributed by atoms with Crippen molar-refractivity contribution in [2.24, 2.45) is 0 Å². The van der Waals surface area contributed by atoms with Gasteiger partial charge in [-0.25, -0.2) is 0 Å². The number of nitrogens with zero attached hydrogens (tertiary/aromatic N) is 1. The van der Waals surface area contributed by atoms with Crippen molar-refractivity contribution in [1.82, 2.24) is 0 Å². The minimum Gasteiger partial charge on any atom is -0.321 e. The number of anilines is 1. The van der Waals surface area contributed by atoms with E-state index in [1.807, 2.05) is 60.2 Å². The van der Waals surface area contributed by atoms with Crippen LogP contribution in [0.2, 0.25) is 0 Å². The van der Waals surface area contributed by atoms with Crippen molar-refractivity contribution >= 4 is 11.6 Å². The van der Waals surface area contributed by atoms with E-state index >= 15 is 0 Å². The SMILES string of the molecule is CCc1ccc(C)[n+](CC(=O)Nc2ccc(-c3ccccc3)cc2)c1. The third-order valence-electron chi connectivity index (χ3n) is 4.31. The maximum Gasteiger partial charge on any atom is 0.290 e. The van der Waals surface area contributed by atoms with Crippen LogP contribution in [0.1, 0.15) is 18.2 Å². The molecule has 0 saturated heterocycles. The van der Waals surface area contributed by atoms with Gasteiger partial charge >= 0.3 is 0 Å². The number of amides is 1. The molecule has 0 unspecified atom stereocenters. The molecule has 0 atom stereocenters. The smallest absolute Gasteiger partial charge is 0.290 e. The summed E-state index contributed by atoms with van der Waals surface area (Å²) in [6, 6.07) is 22.3. The Labute approximate surface area is 149 Å². The molecule has 0 aliphatic heterocycles. The zero-order valence-corrected chi connectivity index (χ0v) is 14.7. The summed E-state index contributed by atoms with van der Waals surface area (Å²) in [6.07, 6.45) is 3.01. The standard InChI is InChI=1S/C22H22N2O/c1-3-18-10-9-17(2)24(15-18)16-22(25)23-21-13-11-20(12-14-21)19-7-5-4-6-8-19/h4-15H,3,16H2,1-2H3/p+1. The van der Waals surface area contributed by atoms with Gasteiger partial charge in [-0.3, -0.25) is 4.79 Å². The first-order valence-electron chi connectivity index (χ1n) is 8.60. The van der Waals surface area contributed by atoms with E-state index in [9.17, 15) is 4.79 Å². The number of hydrogen-bond donors (Lipinski definition) is 1. The quantitative estimate of drug-likeness (QED) is 0.700. The molecule has 0 bridgehead atoms. The number of rotatable bonds is 5. The monoisotopic (exact) mass is 331 g/mol. The van der Waals surface area contributed by atoms with E-state index in [4.69, 9.17) is 0 Å². The maximum atomic E-state index is 12.4. The van der Waals surface area contributed by atoms with Gasteiger partial charge in [0.2, 0.25) is 6.54 Å². The Bertz CT molecular complexity index is 855. The van der Waals surface area contributed by atoms with Crippen molar-refractivity contribution in [1.29, 1.82) is 0 Å². The molecular formula is C22H23N2O+. The van der Waals surface area contributed by atoms with Crippen LogP contribution in [0.3, 0.4) is 0 Å². The molecule has 3 nitrogen and oxygen atoms in total. The lowest BCUT2D eigenvalue weighted by atomic mass is 10.1. The highest BCUT2D eigenvalue weighted by molar-refractivity contribution is 5.90. The Kier molecular flexibility index (Phi) is 5.24. The van der Waals surface area contributed by atoms with Gasteiger partial charge in [0.05, 0.1) is 0 Å². The minimum atomic E-state index is -0.0196. The number of carbonyl (C=O) groups is 1. The van der Waals surface area contributed by atoms with E-state index < -0.39 is 0 Å². The number of aryl methyl sites for hydroxylation is 2. The van der Waals surface area contributed by atoms with E-state index in [-0.39, 0.29) is 5.91 Å². The van der Waals surface area contributed by atoms with Gasteiger partial charge in [-0.2, -0.15) is 4.57 Å². The highest BCUT2D eigenvalue weighted by atomic mass is 16.1. The molecule has 0 spiro atoms. The van der Waals surface area contributed by atoms with Gasteiger partial charge in [-0.15, -0.1) is 0 Å². The van der Waals surface area contributed by atoms with Crippen LogP contribution in [0.5, 0.6) is 0 Å². The lowest BCUT2D eigenvalue weighted by molar-refractivity contribution is -0.690. The average Bonchev–Trinajstić information content (AvgIpc) is 2.65. The van der Waals surface area contributed by atoms with Crippen molar-refractivity contribution in [3.05, 3.63) is 84.2 Å². The van der Waals surface area contributed by atoms with Crippen molar-refractivity contribution in [3.63, 3.8) is 0 Å². The first kappa shape index (κ1) is 16.9. The van der Waals surface area contributed by atoms with Gasteiger partial charge < -0.3 is 5.32 Å². The molecule has 0 saturated carbocycles. The van der Waals surface area contributed by atoms with Crippen LogP contribution in [-0.4, -0.2) is 5.91 Å². The molecule has 0 fully saturated rings. The van der Waals surface area contributed by atoms with Crippen LogP contribution in [0.25, 0.3) is 11.1 Å². The second-order valence-electron chi connectivity index (χ2n) is 6.15. The Morgan fingerprint density at radius 1 is 0.920 bits per heavy atom. The summed E-state index contributed by atoms with van der Waals surface area (Å²) in [7, 11) is 0. The van der Waals surface area contributed by atoms with E-state index in [1.54, 1.807) is 0 Å². The summed E-state index contributed by atoms with van der Waals surface area (Å²) in [5.41, 5.74) is 5.43. The number of aromatic nitrogens is 1. The summed E-state index contributed by atoms with van der Waals surface area (Å²) >= 11 is 0. The molecule has 3 heteroatoms. The molecule has 2 aromatic carbocycles. The van der Waals surface area contributed by atoms with Crippen molar-refractivity contribution in [3.8, 4) is 11.1 Å². The number of nitrogens with one attached hydrogen (secondary N) is 1. The molecule has 126 valence electrons. The highest BCUT2D eigenvalue weighted by Gasteiger charge is 2.13. The minimum absolute atomic E-state index is 0.0196. The lowest BCUT2D eigenvalue weighted by Crippen LogP contribution is -2.43. The van der Waals surface area contributed by atoms with E-state index in [0.717, 1.165) is 23.4 Å². The summed E-state index contributed by atoms with van der Waals surface area (Å²) in [5.74, 6) is -0.0196. The van der Waals surface area contributed by atoms with Gasteiger partial charge in [-0.1, -0.05) is 49.4 Å². The van der Waals surface area contributed by atoms with Crippen LogP contribution in [0.15, 0.2) is 72.9 Å². The van der Waals surface area contributed by atoms with E-state index in [1.165, 1.54) is 11.1 Å².